The fourth-order valence-corrected chi connectivity index (χ4v) is 4.74. The lowest BCUT2D eigenvalue weighted by atomic mass is 9.91. The highest BCUT2D eigenvalue weighted by Crippen LogP contribution is 2.27. The van der Waals surface area contributed by atoms with Crippen LogP contribution in [0.1, 0.15) is 38.3 Å². The SMILES string of the molecule is CC(C)CC1(C)NC(=N)N(Cc2ccc(CNC(=O)N(C)c3cccc4ccccc34)cc2)C1=O. The van der Waals surface area contributed by atoms with Gasteiger partial charge < -0.3 is 10.6 Å². The van der Waals surface area contributed by atoms with Gasteiger partial charge in [0.15, 0.2) is 5.96 Å². The fourth-order valence-electron chi connectivity index (χ4n) is 4.74. The highest BCUT2D eigenvalue weighted by atomic mass is 16.2. The molecule has 7 heteroatoms. The Morgan fingerprint density at radius 3 is 2.43 bits per heavy atom. The highest BCUT2D eigenvalue weighted by molar-refractivity contribution is 6.07. The zero-order valence-electron chi connectivity index (χ0n) is 20.8. The minimum Gasteiger partial charge on any atom is -0.342 e. The molecule has 1 fully saturated rings. The van der Waals surface area contributed by atoms with Gasteiger partial charge in [-0.15, -0.1) is 0 Å². The number of amides is 3. The molecule has 7 nitrogen and oxygen atoms in total. The van der Waals surface area contributed by atoms with E-state index in [9.17, 15) is 9.59 Å². The molecule has 3 amide bonds. The van der Waals surface area contributed by atoms with Crippen molar-refractivity contribution in [1.29, 1.82) is 5.41 Å². The van der Waals surface area contributed by atoms with E-state index in [1.165, 1.54) is 4.90 Å². The van der Waals surface area contributed by atoms with Gasteiger partial charge in [0, 0.05) is 19.0 Å². The number of carbonyl (C=O) groups is 2. The molecule has 1 saturated heterocycles. The minimum absolute atomic E-state index is 0.0657. The third-order valence-corrected chi connectivity index (χ3v) is 6.44. The van der Waals surface area contributed by atoms with E-state index in [2.05, 4.69) is 24.5 Å². The molecular weight excluding hydrogens is 438 g/mol. The maximum Gasteiger partial charge on any atom is 0.321 e. The van der Waals surface area contributed by atoms with Crippen LogP contribution in [0, 0.1) is 11.3 Å². The minimum atomic E-state index is -0.731. The van der Waals surface area contributed by atoms with Crippen molar-refractivity contribution in [2.75, 3.05) is 11.9 Å². The van der Waals surface area contributed by atoms with E-state index in [1.807, 2.05) is 73.7 Å². The molecule has 1 aliphatic heterocycles. The first-order valence-electron chi connectivity index (χ1n) is 11.9. The van der Waals surface area contributed by atoms with Crippen LogP contribution in [0.4, 0.5) is 10.5 Å². The Hall–Kier alpha value is -3.87. The number of hydrogen-bond acceptors (Lipinski definition) is 3. The smallest absolute Gasteiger partial charge is 0.321 e. The molecular formula is C28H33N5O2. The van der Waals surface area contributed by atoms with Gasteiger partial charge in [0.2, 0.25) is 0 Å². The second-order valence-corrected chi connectivity index (χ2v) is 9.83. The monoisotopic (exact) mass is 471 g/mol. The van der Waals surface area contributed by atoms with Crippen LogP contribution in [0.3, 0.4) is 0 Å². The summed E-state index contributed by atoms with van der Waals surface area (Å²) in [5.74, 6) is 0.424. The van der Waals surface area contributed by atoms with Crippen molar-refractivity contribution in [3.63, 3.8) is 0 Å². The summed E-state index contributed by atoms with van der Waals surface area (Å²) in [6.45, 7) is 6.74. The normalized spacial score (nSPS) is 17.7. The Morgan fingerprint density at radius 2 is 1.71 bits per heavy atom. The lowest BCUT2D eigenvalue weighted by molar-refractivity contribution is -0.131. The molecule has 0 aliphatic carbocycles. The van der Waals surface area contributed by atoms with Crippen LogP contribution in [0.15, 0.2) is 66.7 Å². The van der Waals surface area contributed by atoms with Crippen molar-refractivity contribution >= 4 is 34.4 Å². The van der Waals surface area contributed by atoms with Crippen LogP contribution < -0.4 is 15.5 Å². The summed E-state index contributed by atoms with van der Waals surface area (Å²) in [6.07, 6.45) is 0.677. The van der Waals surface area contributed by atoms with Crippen molar-refractivity contribution in [1.82, 2.24) is 15.5 Å². The number of benzene rings is 3. The van der Waals surface area contributed by atoms with Crippen LogP contribution >= 0.6 is 0 Å². The molecule has 0 bridgehead atoms. The van der Waals surface area contributed by atoms with Gasteiger partial charge in [0.25, 0.3) is 5.91 Å². The van der Waals surface area contributed by atoms with Crippen LogP contribution in [0.25, 0.3) is 10.8 Å². The number of guanidine groups is 1. The first kappa shape index (κ1) is 24.3. The lowest BCUT2D eigenvalue weighted by Gasteiger charge is -2.24. The first-order chi connectivity index (χ1) is 16.7. The number of fused-ring (bicyclic) bond motifs is 1. The van der Waals surface area contributed by atoms with Gasteiger partial charge in [0.05, 0.1) is 12.2 Å². The zero-order chi connectivity index (χ0) is 25.2. The molecule has 3 aromatic rings. The van der Waals surface area contributed by atoms with Crippen molar-refractivity contribution < 1.29 is 9.59 Å². The summed E-state index contributed by atoms with van der Waals surface area (Å²) in [7, 11) is 1.77. The third-order valence-electron chi connectivity index (χ3n) is 6.44. The Kier molecular flexibility index (Phi) is 6.78. The zero-order valence-corrected chi connectivity index (χ0v) is 20.8. The number of nitrogens with one attached hydrogen (secondary N) is 3. The fraction of sp³-hybridized carbons (Fsp3) is 0.321. The van der Waals surface area contributed by atoms with Crippen LogP contribution in [-0.4, -0.2) is 35.4 Å². The van der Waals surface area contributed by atoms with E-state index in [4.69, 9.17) is 5.41 Å². The molecule has 0 spiro atoms. The van der Waals surface area contributed by atoms with Gasteiger partial charge in [-0.3, -0.25) is 20.0 Å². The van der Waals surface area contributed by atoms with E-state index in [0.717, 1.165) is 27.6 Å². The van der Waals surface area contributed by atoms with Gasteiger partial charge >= 0.3 is 6.03 Å². The summed E-state index contributed by atoms with van der Waals surface area (Å²) in [4.78, 5) is 28.9. The molecule has 3 aromatic carbocycles. The summed E-state index contributed by atoms with van der Waals surface area (Å²) < 4.78 is 0. The molecule has 0 saturated carbocycles. The van der Waals surface area contributed by atoms with Gasteiger partial charge in [-0.1, -0.05) is 74.5 Å². The summed E-state index contributed by atoms with van der Waals surface area (Å²) >= 11 is 0. The molecule has 1 aliphatic rings. The van der Waals surface area contributed by atoms with E-state index in [1.54, 1.807) is 11.9 Å². The van der Waals surface area contributed by atoms with Crippen molar-refractivity contribution in [2.24, 2.45) is 5.92 Å². The maximum atomic E-state index is 13.0. The molecule has 182 valence electrons. The van der Waals surface area contributed by atoms with Gasteiger partial charge in [-0.2, -0.15) is 0 Å². The summed E-state index contributed by atoms with van der Waals surface area (Å²) in [5.41, 5.74) is 2.01. The number of rotatable bonds is 7. The highest BCUT2D eigenvalue weighted by Gasteiger charge is 2.45. The Balaban J connectivity index is 1.36. The molecule has 1 heterocycles. The van der Waals surface area contributed by atoms with E-state index < -0.39 is 5.54 Å². The number of urea groups is 1. The molecule has 4 rings (SSSR count). The quantitative estimate of drug-likeness (QED) is 0.460. The topological polar surface area (TPSA) is 88.5 Å². The van der Waals surface area contributed by atoms with Crippen LogP contribution in [0.2, 0.25) is 0 Å². The Labute approximate surface area is 206 Å². The summed E-state index contributed by atoms with van der Waals surface area (Å²) in [6, 6.07) is 21.5. The average Bonchev–Trinajstić information content (AvgIpc) is 3.04. The maximum absolute atomic E-state index is 13.0. The van der Waals surface area contributed by atoms with E-state index in [0.29, 0.717) is 25.4 Å². The van der Waals surface area contributed by atoms with Gasteiger partial charge in [0.1, 0.15) is 5.54 Å². The Morgan fingerprint density at radius 1 is 1.06 bits per heavy atom. The molecule has 1 atom stereocenters. The van der Waals surface area contributed by atoms with E-state index >= 15 is 0 Å². The number of hydrogen-bond donors (Lipinski definition) is 3. The third kappa shape index (κ3) is 5.14. The van der Waals surface area contributed by atoms with E-state index in [-0.39, 0.29) is 17.9 Å². The number of nitrogens with zero attached hydrogens (tertiary/aromatic N) is 2. The molecule has 1 unspecified atom stereocenters. The lowest BCUT2D eigenvalue weighted by Crippen LogP contribution is -2.44. The van der Waals surface area contributed by atoms with Crippen LogP contribution in [0.5, 0.6) is 0 Å². The van der Waals surface area contributed by atoms with Gasteiger partial charge in [-0.05, 0) is 41.8 Å². The standard InChI is InChI=1S/C28H33N5O2/c1-19(2)16-28(3)25(34)33(26(29)31-28)18-21-14-12-20(13-15-21)17-30-27(35)32(4)24-11-7-9-22-8-5-6-10-23(22)24/h5-15,19H,16-18H2,1-4H3,(H2,29,31)(H,30,35). The molecule has 0 aromatic heterocycles. The largest absolute Gasteiger partial charge is 0.342 e. The second kappa shape index (κ2) is 9.78. The average molecular weight is 472 g/mol. The van der Waals surface area contributed by atoms with Crippen molar-refractivity contribution in [2.45, 2.75) is 45.8 Å². The van der Waals surface area contributed by atoms with Crippen LogP contribution in [-0.2, 0) is 17.9 Å². The van der Waals surface area contributed by atoms with Crippen molar-refractivity contribution in [3.8, 4) is 0 Å². The molecule has 3 N–H and O–H groups in total. The van der Waals surface area contributed by atoms with Gasteiger partial charge in [-0.25, -0.2) is 4.79 Å². The second-order valence-electron chi connectivity index (χ2n) is 9.83. The first-order valence-corrected chi connectivity index (χ1v) is 11.9. The van der Waals surface area contributed by atoms with Crippen molar-refractivity contribution in [3.05, 3.63) is 77.9 Å². The number of carbonyl (C=O) groups excluding carboxylic acids is 2. The predicted octanol–water partition coefficient (Wildman–Crippen LogP) is 4.86. The predicted molar refractivity (Wildman–Crippen MR) is 140 cm³/mol. The number of anilines is 1. The molecule has 35 heavy (non-hydrogen) atoms. The summed E-state index contributed by atoms with van der Waals surface area (Å²) in [5, 5.41) is 16.4. The molecule has 0 radical (unpaired) electrons. The Bertz CT molecular complexity index is 1250.